The predicted molar refractivity (Wildman–Crippen MR) is 83.2 cm³/mol. The van der Waals surface area contributed by atoms with E-state index in [9.17, 15) is 9.59 Å². The molecule has 0 bridgehead atoms. The van der Waals surface area contributed by atoms with Gasteiger partial charge in [0.1, 0.15) is 0 Å². The number of nitrogens with zero attached hydrogens (tertiary/aromatic N) is 1. The summed E-state index contributed by atoms with van der Waals surface area (Å²) in [5.74, 6) is 0.214. The molecule has 0 spiro atoms. The summed E-state index contributed by atoms with van der Waals surface area (Å²) in [6, 6.07) is 5.42. The minimum Gasteiger partial charge on any atom is -0.295 e. The van der Waals surface area contributed by atoms with Crippen LogP contribution in [0.25, 0.3) is 10.9 Å². The fourth-order valence-corrected chi connectivity index (χ4v) is 2.56. The van der Waals surface area contributed by atoms with Gasteiger partial charge >= 0.3 is 0 Å². The van der Waals surface area contributed by atoms with Crippen LogP contribution >= 0.6 is 0 Å². The van der Waals surface area contributed by atoms with Gasteiger partial charge in [0, 0.05) is 36.7 Å². The Balaban J connectivity index is 0.00000176. The van der Waals surface area contributed by atoms with E-state index in [-0.39, 0.29) is 31.8 Å². The molecule has 1 aliphatic carbocycles. The van der Waals surface area contributed by atoms with Gasteiger partial charge in [0.05, 0.1) is 11.7 Å². The number of aromatic amines is 1. The summed E-state index contributed by atoms with van der Waals surface area (Å²) in [5.41, 5.74) is 2.33. The number of fused-ring (bicyclic) bond motifs is 1. The van der Waals surface area contributed by atoms with Crippen LogP contribution in [0.2, 0.25) is 0 Å². The third kappa shape index (κ3) is 2.70. The zero-order valence-corrected chi connectivity index (χ0v) is 11.8. The summed E-state index contributed by atoms with van der Waals surface area (Å²) < 4.78 is 0. The Labute approximate surface area is 124 Å². The quantitative estimate of drug-likeness (QED) is 0.854. The first-order valence-electron chi connectivity index (χ1n) is 7.03. The average Bonchev–Trinajstić information content (AvgIpc) is 3.11. The standard InChI is InChI=1S/C17H16N2O2.H2/c1-11-3-2-4-14(11)17(21)8-7-16(20)12-5-6-15-13(9-12)10-18-19-15;/h2-6,9-11H,7-8H2,1H3,(H,18,19);1H. The van der Waals surface area contributed by atoms with Crippen molar-refractivity contribution < 1.29 is 11.0 Å². The van der Waals surface area contributed by atoms with E-state index in [0.717, 1.165) is 16.5 Å². The van der Waals surface area contributed by atoms with Gasteiger partial charge in [0.2, 0.25) is 0 Å². The lowest BCUT2D eigenvalue weighted by Crippen LogP contribution is -2.10. The van der Waals surface area contributed by atoms with Gasteiger partial charge in [0.15, 0.2) is 11.6 Å². The number of hydrogen-bond donors (Lipinski definition) is 1. The fourth-order valence-electron chi connectivity index (χ4n) is 2.56. The Morgan fingerprint density at radius 2 is 2.10 bits per heavy atom. The Morgan fingerprint density at radius 1 is 1.29 bits per heavy atom. The molecule has 2 aromatic rings. The van der Waals surface area contributed by atoms with E-state index < -0.39 is 0 Å². The lowest BCUT2D eigenvalue weighted by atomic mass is 9.96. The molecule has 0 aliphatic heterocycles. The molecule has 1 atom stereocenters. The number of allylic oxidation sites excluding steroid dienone is 4. The molecule has 1 aromatic heterocycles. The fraction of sp³-hybridized carbons (Fsp3) is 0.235. The smallest absolute Gasteiger partial charge is 0.163 e. The molecule has 0 fully saturated rings. The van der Waals surface area contributed by atoms with Gasteiger partial charge in [-0.05, 0) is 18.2 Å². The number of carbonyl (C=O) groups excluding carboxylic acids is 2. The first-order chi connectivity index (χ1) is 10.1. The van der Waals surface area contributed by atoms with Crippen molar-refractivity contribution in [3.8, 4) is 0 Å². The molecule has 0 amide bonds. The molecular weight excluding hydrogens is 264 g/mol. The second kappa shape index (κ2) is 5.48. The molecule has 0 radical (unpaired) electrons. The second-order valence-electron chi connectivity index (χ2n) is 5.31. The summed E-state index contributed by atoms with van der Waals surface area (Å²) in [4.78, 5) is 24.3. The van der Waals surface area contributed by atoms with Crippen molar-refractivity contribution in [1.82, 2.24) is 10.2 Å². The molecule has 4 nitrogen and oxygen atoms in total. The molecule has 0 saturated carbocycles. The number of carbonyl (C=O) groups is 2. The molecule has 108 valence electrons. The normalized spacial score (nSPS) is 17.2. The first-order valence-corrected chi connectivity index (χ1v) is 7.03. The number of ketones is 2. The van der Waals surface area contributed by atoms with E-state index >= 15 is 0 Å². The van der Waals surface area contributed by atoms with Gasteiger partial charge in [0.25, 0.3) is 0 Å². The summed E-state index contributed by atoms with van der Waals surface area (Å²) in [6.45, 7) is 1.99. The molecule has 21 heavy (non-hydrogen) atoms. The van der Waals surface area contributed by atoms with Crippen LogP contribution in [0.5, 0.6) is 0 Å². The average molecular weight is 282 g/mol. The van der Waals surface area contributed by atoms with Crippen LogP contribution in [-0.4, -0.2) is 21.8 Å². The number of Topliss-reactive ketones (excluding diaryl/α,β-unsaturated/α-hetero) is 2. The van der Waals surface area contributed by atoms with Gasteiger partial charge in [-0.15, -0.1) is 0 Å². The highest BCUT2D eigenvalue weighted by atomic mass is 16.1. The van der Waals surface area contributed by atoms with Crippen molar-refractivity contribution in [1.29, 1.82) is 0 Å². The highest BCUT2D eigenvalue weighted by Crippen LogP contribution is 2.22. The van der Waals surface area contributed by atoms with Crippen molar-refractivity contribution in [2.75, 3.05) is 0 Å². The Bertz CT molecular complexity index is 774. The zero-order chi connectivity index (χ0) is 14.8. The molecule has 4 heteroatoms. The largest absolute Gasteiger partial charge is 0.295 e. The zero-order valence-electron chi connectivity index (χ0n) is 11.8. The van der Waals surface area contributed by atoms with Crippen molar-refractivity contribution in [2.24, 2.45) is 5.92 Å². The Hall–Kier alpha value is -2.49. The van der Waals surface area contributed by atoms with E-state index in [1.807, 2.05) is 37.3 Å². The van der Waals surface area contributed by atoms with E-state index in [1.54, 1.807) is 12.3 Å². The maximum Gasteiger partial charge on any atom is 0.163 e. The van der Waals surface area contributed by atoms with Crippen LogP contribution in [0.15, 0.2) is 48.2 Å². The molecule has 0 saturated heterocycles. The molecular formula is C17H18N2O2. The van der Waals surface area contributed by atoms with Crippen LogP contribution in [0, 0.1) is 5.92 Å². The molecule has 3 rings (SSSR count). The van der Waals surface area contributed by atoms with Crippen molar-refractivity contribution in [3.05, 3.63) is 53.8 Å². The van der Waals surface area contributed by atoms with Gasteiger partial charge in [-0.2, -0.15) is 5.10 Å². The molecule has 1 aromatic carbocycles. The minimum absolute atomic E-state index is 0. The number of nitrogens with one attached hydrogen (secondary N) is 1. The number of H-pyrrole nitrogens is 1. The number of rotatable bonds is 5. The Morgan fingerprint density at radius 3 is 2.86 bits per heavy atom. The van der Waals surface area contributed by atoms with Gasteiger partial charge in [-0.3, -0.25) is 14.7 Å². The van der Waals surface area contributed by atoms with Crippen LogP contribution in [0.4, 0.5) is 0 Å². The first kappa shape index (κ1) is 13.5. The minimum atomic E-state index is -0.00865. The monoisotopic (exact) mass is 282 g/mol. The number of benzene rings is 1. The number of aromatic nitrogens is 2. The molecule has 1 unspecified atom stereocenters. The maximum absolute atomic E-state index is 12.2. The number of hydrogen-bond acceptors (Lipinski definition) is 3. The summed E-state index contributed by atoms with van der Waals surface area (Å²) in [7, 11) is 0. The maximum atomic E-state index is 12.2. The van der Waals surface area contributed by atoms with E-state index in [4.69, 9.17) is 0 Å². The predicted octanol–water partition coefficient (Wildman–Crippen LogP) is 3.47. The third-order valence-corrected chi connectivity index (χ3v) is 3.83. The van der Waals surface area contributed by atoms with E-state index in [0.29, 0.717) is 5.56 Å². The second-order valence-corrected chi connectivity index (χ2v) is 5.31. The topological polar surface area (TPSA) is 62.8 Å². The highest BCUT2D eigenvalue weighted by molar-refractivity contribution is 6.03. The molecule has 1 aliphatic rings. The molecule has 1 heterocycles. The van der Waals surface area contributed by atoms with Crippen LogP contribution < -0.4 is 0 Å². The Kier molecular flexibility index (Phi) is 3.52. The third-order valence-electron chi connectivity index (χ3n) is 3.83. The van der Waals surface area contributed by atoms with Gasteiger partial charge in [-0.1, -0.05) is 25.2 Å². The van der Waals surface area contributed by atoms with E-state index in [1.165, 1.54) is 0 Å². The van der Waals surface area contributed by atoms with Crippen LogP contribution in [0.1, 0.15) is 31.6 Å². The van der Waals surface area contributed by atoms with Crippen LogP contribution in [0.3, 0.4) is 0 Å². The highest BCUT2D eigenvalue weighted by Gasteiger charge is 2.18. The summed E-state index contributed by atoms with van der Waals surface area (Å²) in [6.07, 6.45) is 7.92. The summed E-state index contributed by atoms with van der Waals surface area (Å²) >= 11 is 0. The van der Waals surface area contributed by atoms with Crippen molar-refractivity contribution >= 4 is 22.5 Å². The molecule has 1 N–H and O–H groups in total. The van der Waals surface area contributed by atoms with Gasteiger partial charge in [-0.25, -0.2) is 0 Å². The van der Waals surface area contributed by atoms with Gasteiger partial charge < -0.3 is 0 Å². The summed E-state index contributed by atoms with van der Waals surface area (Å²) in [5, 5.41) is 7.69. The lowest BCUT2D eigenvalue weighted by Gasteiger charge is -2.07. The lowest BCUT2D eigenvalue weighted by molar-refractivity contribution is -0.115. The van der Waals surface area contributed by atoms with Crippen molar-refractivity contribution in [2.45, 2.75) is 19.8 Å². The van der Waals surface area contributed by atoms with E-state index in [2.05, 4.69) is 10.2 Å². The SMILES string of the molecule is CC1C=CC=C1C(=O)CCC(=O)c1ccc2[nH]ncc2c1.[HH]. The van der Waals surface area contributed by atoms with Crippen molar-refractivity contribution in [3.63, 3.8) is 0 Å². The van der Waals surface area contributed by atoms with Crippen LogP contribution in [-0.2, 0) is 4.79 Å².